The summed E-state index contributed by atoms with van der Waals surface area (Å²) in [5.74, 6) is 0. The van der Waals surface area contributed by atoms with Gasteiger partial charge in [-0.3, -0.25) is 0 Å². The van der Waals surface area contributed by atoms with Crippen LogP contribution in [0.15, 0.2) is 72.1 Å². The van der Waals surface area contributed by atoms with E-state index in [4.69, 9.17) is 19.7 Å². The first kappa shape index (κ1) is 27.9. The summed E-state index contributed by atoms with van der Waals surface area (Å²) in [7, 11) is 0. The molecule has 43 heavy (non-hydrogen) atoms. The lowest BCUT2D eigenvalue weighted by molar-refractivity contribution is -0.137. The fraction of sp³-hybridized carbons (Fsp3) is 0.0588. The minimum Gasteiger partial charge on any atom is -0.237 e. The van der Waals surface area contributed by atoms with Crippen LogP contribution in [0.25, 0.3) is 48.1 Å². The molecular weight excluding hydrogens is 549 g/mol. The summed E-state index contributed by atoms with van der Waals surface area (Å²) < 4.78 is 39.8. The Bertz CT molecular complexity index is 2120. The Morgan fingerprint density at radius 3 is 1.67 bits per heavy atom. The van der Waals surface area contributed by atoms with Crippen LogP contribution in [0.1, 0.15) is 44.5 Å². The van der Waals surface area contributed by atoms with Crippen molar-refractivity contribution in [3.8, 4) is 18.2 Å². The molecular formula is C34H13F3N6. The van der Waals surface area contributed by atoms with Crippen LogP contribution >= 0.6 is 0 Å². The van der Waals surface area contributed by atoms with E-state index in [1.54, 1.807) is 24.3 Å². The number of halogens is 3. The molecule has 0 radical (unpaired) electrons. The van der Waals surface area contributed by atoms with Gasteiger partial charge in [-0.15, -0.1) is 0 Å². The van der Waals surface area contributed by atoms with Crippen molar-refractivity contribution in [1.29, 1.82) is 15.8 Å². The third-order valence-corrected chi connectivity index (χ3v) is 7.18. The van der Waals surface area contributed by atoms with Gasteiger partial charge in [0, 0.05) is 5.57 Å². The molecule has 3 aromatic carbocycles. The van der Waals surface area contributed by atoms with Gasteiger partial charge in [0.05, 0.1) is 43.0 Å². The predicted molar refractivity (Wildman–Crippen MR) is 153 cm³/mol. The maximum atomic E-state index is 13.3. The molecule has 5 rings (SSSR count). The maximum Gasteiger partial charge on any atom is 0.416 e. The van der Waals surface area contributed by atoms with Crippen molar-refractivity contribution < 1.29 is 13.2 Å². The number of nitrogens with zero attached hydrogens (tertiary/aromatic N) is 6. The largest absolute Gasteiger partial charge is 0.416 e. The Morgan fingerprint density at radius 2 is 1.19 bits per heavy atom. The molecule has 2 aliphatic carbocycles. The van der Waals surface area contributed by atoms with Gasteiger partial charge in [0.1, 0.15) is 6.07 Å². The molecule has 0 saturated heterocycles. The van der Waals surface area contributed by atoms with Crippen LogP contribution < -0.4 is 0 Å². The molecule has 2 aliphatic rings. The zero-order valence-electron chi connectivity index (χ0n) is 22.1. The molecule has 0 atom stereocenters. The molecule has 0 amide bonds. The van der Waals surface area contributed by atoms with Crippen LogP contribution in [0.3, 0.4) is 0 Å². The maximum absolute atomic E-state index is 13.3. The number of hydrogen-bond acceptors (Lipinski definition) is 3. The van der Waals surface area contributed by atoms with Crippen molar-refractivity contribution in [2.45, 2.75) is 13.1 Å². The molecule has 6 nitrogen and oxygen atoms in total. The van der Waals surface area contributed by atoms with E-state index >= 15 is 0 Å². The second-order valence-electron chi connectivity index (χ2n) is 9.48. The van der Waals surface area contributed by atoms with E-state index in [2.05, 4.69) is 20.6 Å². The number of nitriles is 3. The highest BCUT2D eigenvalue weighted by Gasteiger charge is 2.37. The Labute approximate surface area is 244 Å². The first-order chi connectivity index (χ1) is 20.6. The Morgan fingerprint density at radius 1 is 0.698 bits per heavy atom. The predicted octanol–water partition coefficient (Wildman–Crippen LogP) is 8.57. The molecule has 0 spiro atoms. The number of aryl methyl sites for hydroxylation is 1. The molecule has 200 valence electrons. The van der Waals surface area contributed by atoms with Crippen molar-refractivity contribution in [1.82, 2.24) is 0 Å². The van der Waals surface area contributed by atoms with Crippen LogP contribution in [0.5, 0.6) is 0 Å². The second-order valence-corrected chi connectivity index (χ2v) is 9.48. The first-order valence-corrected chi connectivity index (χ1v) is 12.4. The van der Waals surface area contributed by atoms with Crippen molar-refractivity contribution in [3.05, 3.63) is 151 Å². The fourth-order valence-electron chi connectivity index (χ4n) is 5.31. The molecule has 3 aromatic rings. The smallest absolute Gasteiger partial charge is 0.237 e. The van der Waals surface area contributed by atoms with Crippen LogP contribution in [0.4, 0.5) is 13.2 Å². The molecule has 0 bridgehead atoms. The van der Waals surface area contributed by atoms with Crippen molar-refractivity contribution >= 4 is 33.6 Å². The number of allylic oxidation sites excluding steroid dienone is 7. The Balaban J connectivity index is 1.88. The highest BCUT2D eigenvalue weighted by Crippen LogP contribution is 2.55. The van der Waals surface area contributed by atoms with Crippen molar-refractivity contribution in [2.75, 3.05) is 0 Å². The molecule has 0 unspecified atom stereocenters. The van der Waals surface area contributed by atoms with Gasteiger partial charge >= 0.3 is 6.18 Å². The average molecular weight is 563 g/mol. The van der Waals surface area contributed by atoms with E-state index in [1.807, 2.05) is 31.2 Å². The number of benzene rings is 3. The van der Waals surface area contributed by atoms with Crippen molar-refractivity contribution in [2.24, 2.45) is 0 Å². The monoisotopic (exact) mass is 562 g/mol. The summed E-state index contributed by atoms with van der Waals surface area (Å²) in [4.78, 5) is 10.5. The number of alkyl halides is 3. The minimum absolute atomic E-state index is 0.00206. The first-order valence-electron chi connectivity index (χ1n) is 12.4. The van der Waals surface area contributed by atoms with Crippen LogP contribution in [-0.4, -0.2) is 0 Å². The SMILES string of the molecule is [C-]#[N+]C1=C(c2ccc(C)cc2)/C(=C(/C#N)[N+]#[C-])c2cc3c(cc21)/C(=C(/C#N)[N+]#[C-])C(c1ccc(C(F)(F)F)cc1)=C3C#N. The van der Waals surface area contributed by atoms with E-state index in [0.717, 1.165) is 17.7 Å². The average Bonchev–Trinajstić information content (AvgIpc) is 3.49. The highest BCUT2D eigenvalue weighted by molar-refractivity contribution is 6.29. The normalized spacial score (nSPS) is 15.7. The Kier molecular flexibility index (Phi) is 6.74. The summed E-state index contributed by atoms with van der Waals surface area (Å²) >= 11 is 0. The summed E-state index contributed by atoms with van der Waals surface area (Å²) in [6, 6.07) is 20.2. The van der Waals surface area contributed by atoms with Crippen LogP contribution in [0.2, 0.25) is 0 Å². The van der Waals surface area contributed by atoms with Crippen LogP contribution in [0, 0.1) is 60.6 Å². The van der Waals surface area contributed by atoms with E-state index in [9.17, 15) is 29.0 Å². The lowest BCUT2D eigenvalue weighted by Crippen LogP contribution is -2.04. The lowest BCUT2D eigenvalue weighted by atomic mass is 9.91. The third-order valence-electron chi connectivity index (χ3n) is 7.18. The zero-order chi connectivity index (χ0) is 31.1. The number of fused-ring (bicyclic) bond motifs is 2. The topological polar surface area (TPSA) is 84.4 Å². The summed E-state index contributed by atoms with van der Waals surface area (Å²) in [5, 5.41) is 30.0. The fourth-order valence-corrected chi connectivity index (χ4v) is 5.31. The molecule has 0 N–H and O–H groups in total. The zero-order valence-corrected chi connectivity index (χ0v) is 22.1. The van der Waals surface area contributed by atoms with E-state index in [0.29, 0.717) is 22.3 Å². The number of rotatable bonds is 2. The van der Waals surface area contributed by atoms with Gasteiger partial charge in [0.15, 0.2) is 0 Å². The van der Waals surface area contributed by atoms with Gasteiger partial charge in [0.2, 0.25) is 5.70 Å². The minimum atomic E-state index is -4.60. The Hall–Kier alpha value is -6.65. The molecule has 0 aromatic heterocycles. The third kappa shape index (κ3) is 4.32. The van der Waals surface area contributed by atoms with Gasteiger partial charge in [-0.05, 0) is 75.2 Å². The molecule has 0 heterocycles. The molecule has 9 heteroatoms. The van der Waals surface area contributed by atoms with Gasteiger partial charge in [-0.25, -0.2) is 25.1 Å². The van der Waals surface area contributed by atoms with Crippen LogP contribution in [-0.2, 0) is 6.18 Å². The van der Waals surface area contributed by atoms with Gasteiger partial charge in [0.25, 0.3) is 11.4 Å². The quantitative estimate of drug-likeness (QED) is 0.232. The summed E-state index contributed by atoms with van der Waals surface area (Å²) in [6.07, 6.45) is -4.60. The summed E-state index contributed by atoms with van der Waals surface area (Å²) in [6.45, 7) is 25.2. The molecule has 0 aliphatic heterocycles. The summed E-state index contributed by atoms with van der Waals surface area (Å²) in [5.41, 5.74) is 2.23. The molecule has 0 fully saturated rings. The van der Waals surface area contributed by atoms with E-state index < -0.39 is 11.7 Å². The van der Waals surface area contributed by atoms with E-state index in [-0.39, 0.29) is 56.1 Å². The van der Waals surface area contributed by atoms with Crippen molar-refractivity contribution in [3.63, 3.8) is 0 Å². The lowest BCUT2D eigenvalue weighted by Gasteiger charge is -2.12. The van der Waals surface area contributed by atoms with Gasteiger partial charge in [-0.1, -0.05) is 48.0 Å². The highest BCUT2D eigenvalue weighted by atomic mass is 19.4. The van der Waals surface area contributed by atoms with Gasteiger partial charge < -0.3 is 0 Å². The number of hydrogen-bond donors (Lipinski definition) is 0. The second kappa shape index (κ2) is 10.4. The van der Waals surface area contributed by atoms with E-state index in [1.165, 1.54) is 12.1 Å². The van der Waals surface area contributed by atoms with Gasteiger partial charge in [-0.2, -0.15) is 18.4 Å². The molecule has 0 saturated carbocycles. The standard InChI is InChI=1S/C34H13F3N6/c1-18-5-7-20(8-6-18)30-32(28(17-40)42-3)24-13-22-23(14-25(24)33(30)43-4)31(27(16-39)41-2)29(26(22)15-38)19-9-11-21(12-10-19)34(35,36)37/h5-14H,1H3/b31-27+,32-28-.